The molecule has 2 aromatic carbocycles. The van der Waals surface area contributed by atoms with Crippen LogP contribution in [0.15, 0.2) is 66.5 Å². The molecule has 1 fully saturated rings. The number of pyridine rings is 1. The molecule has 1 amide bonds. The van der Waals surface area contributed by atoms with Gasteiger partial charge in [-0.1, -0.05) is 37.7 Å². The average molecular weight is 557 g/mol. The number of nitrogens with zero attached hydrogens (tertiary/aromatic N) is 1. The number of rotatable bonds is 11. The molecule has 3 heterocycles. The molecule has 8 heteroatoms. The predicted molar refractivity (Wildman–Crippen MR) is 151 cm³/mol. The number of nitrogens with one attached hydrogen (secondary N) is 1. The maximum atomic E-state index is 14.0. The second kappa shape index (κ2) is 12.5. The number of amides is 1. The van der Waals surface area contributed by atoms with Gasteiger partial charge in [0.2, 0.25) is 5.78 Å². The van der Waals surface area contributed by atoms with Gasteiger partial charge in [0.1, 0.15) is 11.9 Å². The number of ketones is 1. The van der Waals surface area contributed by atoms with Gasteiger partial charge in [0.05, 0.1) is 19.3 Å². The number of aromatic nitrogens is 1. The summed E-state index contributed by atoms with van der Waals surface area (Å²) in [6.07, 6.45) is 7.29. The Labute approximate surface area is 240 Å². The van der Waals surface area contributed by atoms with Crippen LogP contribution in [0, 0.1) is 0 Å². The highest BCUT2D eigenvalue weighted by Gasteiger charge is 2.44. The van der Waals surface area contributed by atoms with Gasteiger partial charge in [-0.2, -0.15) is 0 Å². The fraction of sp³-hybridized carbons (Fsp3) is 0.364. The number of H-pyrrole nitrogens is 1. The Kier molecular flexibility index (Phi) is 8.57. The number of fused-ring (bicyclic) bond motifs is 1. The number of Topliss-reactive ketones (excluding diaryl/α,β-unsaturated/α-hetero) is 1. The molecule has 1 saturated heterocycles. The lowest BCUT2D eigenvalue weighted by molar-refractivity contribution is -0.378. The molecular weight excluding hydrogens is 520 g/mol. The van der Waals surface area contributed by atoms with Crippen molar-refractivity contribution in [3.63, 3.8) is 0 Å². The van der Waals surface area contributed by atoms with E-state index in [1.54, 1.807) is 42.7 Å². The third-order valence-corrected chi connectivity index (χ3v) is 7.42. The second-order valence-corrected chi connectivity index (χ2v) is 10.5. The van der Waals surface area contributed by atoms with E-state index in [4.69, 9.17) is 14.2 Å². The van der Waals surface area contributed by atoms with Crippen LogP contribution in [0.2, 0.25) is 0 Å². The van der Waals surface area contributed by atoms with Gasteiger partial charge in [0.25, 0.3) is 5.91 Å². The van der Waals surface area contributed by atoms with E-state index in [9.17, 15) is 14.7 Å². The quantitative estimate of drug-likeness (QED) is 0.152. The molecule has 2 atom stereocenters. The van der Waals surface area contributed by atoms with Gasteiger partial charge in [0.15, 0.2) is 23.9 Å². The van der Waals surface area contributed by atoms with Crippen molar-refractivity contribution in [3.05, 3.63) is 88.8 Å². The van der Waals surface area contributed by atoms with Crippen LogP contribution in [0.5, 0.6) is 17.2 Å². The first-order valence-electron chi connectivity index (χ1n) is 14.3. The first-order chi connectivity index (χ1) is 19.9. The number of hydrogen-bond donors (Lipinski definition) is 0. The van der Waals surface area contributed by atoms with E-state index in [0.717, 1.165) is 36.1 Å². The van der Waals surface area contributed by atoms with E-state index in [1.165, 1.54) is 4.90 Å². The Balaban J connectivity index is 1.59. The van der Waals surface area contributed by atoms with E-state index >= 15 is 0 Å². The van der Waals surface area contributed by atoms with Crippen molar-refractivity contribution in [2.24, 2.45) is 0 Å². The molecule has 214 valence electrons. The highest BCUT2D eigenvalue weighted by atomic mass is 16.5. The Morgan fingerprint density at radius 1 is 1.02 bits per heavy atom. The van der Waals surface area contributed by atoms with E-state index in [-0.39, 0.29) is 18.2 Å². The molecule has 2 aliphatic rings. The van der Waals surface area contributed by atoms with Gasteiger partial charge in [-0.3, -0.25) is 9.59 Å². The summed E-state index contributed by atoms with van der Waals surface area (Å²) in [5.74, 6) is -0.112. The van der Waals surface area contributed by atoms with Crippen LogP contribution >= 0.6 is 0 Å². The molecule has 41 heavy (non-hydrogen) atoms. The molecule has 2 aliphatic heterocycles. The minimum absolute atomic E-state index is 0.0174. The Morgan fingerprint density at radius 3 is 2.59 bits per heavy atom. The molecule has 0 bridgehead atoms. The monoisotopic (exact) mass is 556 g/mol. The van der Waals surface area contributed by atoms with Crippen molar-refractivity contribution in [2.75, 3.05) is 13.2 Å². The maximum Gasteiger partial charge on any atom is 0.295 e. The number of benzene rings is 2. The average Bonchev–Trinajstić information content (AvgIpc) is 3.47. The first-order valence-corrected chi connectivity index (χ1v) is 14.3. The summed E-state index contributed by atoms with van der Waals surface area (Å²) in [6, 6.07) is 13.4. The largest absolute Gasteiger partial charge is 0.872 e. The number of ether oxygens (including phenoxy) is 3. The number of carbonyl (C=O) groups excluding carboxylic acids is 2. The minimum Gasteiger partial charge on any atom is -0.872 e. The molecule has 5 rings (SSSR count). The van der Waals surface area contributed by atoms with Gasteiger partial charge >= 0.3 is 0 Å². The predicted octanol–water partition coefficient (Wildman–Crippen LogP) is 4.22. The highest BCUT2D eigenvalue weighted by Crippen LogP contribution is 2.43. The van der Waals surface area contributed by atoms with Crippen LogP contribution in [-0.2, 0) is 22.6 Å². The van der Waals surface area contributed by atoms with Crippen LogP contribution in [-0.4, -0.2) is 35.9 Å². The molecule has 0 radical (unpaired) electrons. The minimum atomic E-state index is -0.886. The maximum absolute atomic E-state index is 14.0. The van der Waals surface area contributed by atoms with Gasteiger partial charge < -0.3 is 24.2 Å². The zero-order valence-corrected chi connectivity index (χ0v) is 23.8. The summed E-state index contributed by atoms with van der Waals surface area (Å²) < 4.78 is 17.7. The topological polar surface area (TPSA) is 102 Å². The second-order valence-electron chi connectivity index (χ2n) is 10.5. The summed E-state index contributed by atoms with van der Waals surface area (Å²) in [5, 5.41) is 14.0. The summed E-state index contributed by atoms with van der Waals surface area (Å²) in [5.41, 5.74) is 2.65. The third-order valence-electron chi connectivity index (χ3n) is 7.42. The summed E-state index contributed by atoms with van der Waals surface area (Å²) >= 11 is 0. The van der Waals surface area contributed by atoms with Crippen molar-refractivity contribution in [3.8, 4) is 17.2 Å². The summed E-state index contributed by atoms with van der Waals surface area (Å²) in [7, 11) is 0. The Hall–Kier alpha value is -4.33. The van der Waals surface area contributed by atoms with Crippen LogP contribution in [0.4, 0.5) is 0 Å². The number of likely N-dealkylation sites (tertiary alicyclic amines) is 1. The standard InChI is InChI=1S/C33H36N2O6/c1-4-6-7-16-40-27-11-8-23(19-28(27)39-5-2)30-29(31(36)24-9-10-26-25(18-24)17-21(3)41-26)32(37)33(38)35(30)20-22-12-14-34-15-13-22/h8-15,18-19,21,30,36H,4-7,16-17,20H2,1-3H3/b31-29+. The highest BCUT2D eigenvalue weighted by molar-refractivity contribution is 6.46. The SMILES string of the molecule is CCCCCOc1ccc(C2/C(=C(\[O-])c3ccc4c(c3)CC(C)O4)C(=O)C(=O)N2Cc2cc[nH+]cc2)cc1OCC. The van der Waals surface area contributed by atoms with Crippen LogP contribution in [0.3, 0.4) is 0 Å². The molecule has 3 aromatic rings. The Bertz CT molecular complexity index is 1450. The zero-order valence-electron chi connectivity index (χ0n) is 23.8. The van der Waals surface area contributed by atoms with E-state index in [1.807, 2.05) is 32.0 Å². The normalized spacial score (nSPS) is 19.2. The molecular formula is C33H36N2O6. The van der Waals surface area contributed by atoms with E-state index in [2.05, 4.69) is 11.9 Å². The van der Waals surface area contributed by atoms with E-state index in [0.29, 0.717) is 42.3 Å². The number of unbranched alkanes of at least 4 members (excludes halogenated alkanes) is 2. The van der Waals surface area contributed by atoms with Gasteiger partial charge in [-0.15, -0.1) is 0 Å². The van der Waals surface area contributed by atoms with Gasteiger partial charge in [-0.05, 0) is 66.8 Å². The fourth-order valence-corrected chi connectivity index (χ4v) is 5.44. The lowest BCUT2D eigenvalue weighted by atomic mass is 9.94. The van der Waals surface area contributed by atoms with Crippen LogP contribution in [0.25, 0.3) is 5.76 Å². The number of hydrogen-bond acceptors (Lipinski definition) is 6. The van der Waals surface area contributed by atoms with Gasteiger partial charge in [-0.25, -0.2) is 4.98 Å². The molecule has 0 aliphatic carbocycles. The fourth-order valence-electron chi connectivity index (χ4n) is 5.44. The molecule has 1 N–H and O–H groups in total. The van der Waals surface area contributed by atoms with Crippen molar-refractivity contribution in [1.82, 2.24) is 4.90 Å². The number of aromatic amines is 1. The first kappa shape index (κ1) is 28.2. The number of carbonyl (C=O) groups is 2. The van der Waals surface area contributed by atoms with E-state index < -0.39 is 23.5 Å². The third kappa shape index (κ3) is 5.92. The van der Waals surface area contributed by atoms with Gasteiger partial charge in [0, 0.05) is 30.7 Å². The van der Waals surface area contributed by atoms with Crippen molar-refractivity contribution < 1.29 is 33.9 Å². The molecule has 2 unspecified atom stereocenters. The molecule has 0 saturated carbocycles. The Morgan fingerprint density at radius 2 is 1.83 bits per heavy atom. The lowest BCUT2D eigenvalue weighted by Gasteiger charge is -2.28. The smallest absolute Gasteiger partial charge is 0.295 e. The van der Waals surface area contributed by atoms with Crippen LogP contribution < -0.4 is 24.3 Å². The molecule has 0 spiro atoms. The summed E-state index contributed by atoms with van der Waals surface area (Å²) in [6.45, 7) is 7.12. The molecule has 8 nitrogen and oxygen atoms in total. The summed E-state index contributed by atoms with van der Waals surface area (Å²) in [4.78, 5) is 31.4. The molecule has 1 aromatic heterocycles. The lowest BCUT2D eigenvalue weighted by Crippen LogP contribution is -2.29. The zero-order chi connectivity index (χ0) is 28.9. The van der Waals surface area contributed by atoms with Crippen molar-refractivity contribution in [2.45, 2.75) is 65.1 Å². The van der Waals surface area contributed by atoms with Crippen molar-refractivity contribution >= 4 is 17.4 Å². The van der Waals surface area contributed by atoms with Crippen molar-refractivity contribution in [1.29, 1.82) is 0 Å². The van der Waals surface area contributed by atoms with Crippen LogP contribution in [0.1, 0.15) is 68.3 Å².